The third-order valence-electron chi connectivity index (χ3n) is 3.95. The maximum Gasteiger partial charge on any atom is 0.223 e. The first-order chi connectivity index (χ1) is 9.27. The molecular weight excluding hydrogens is 236 g/mol. The molecule has 0 spiro atoms. The van der Waals surface area contributed by atoms with Gasteiger partial charge in [0.2, 0.25) is 5.91 Å². The zero-order chi connectivity index (χ0) is 13.7. The fourth-order valence-corrected chi connectivity index (χ4v) is 2.87. The summed E-state index contributed by atoms with van der Waals surface area (Å²) in [6.07, 6.45) is 4.88. The molecule has 0 fully saturated rings. The Hall–Kier alpha value is -1.35. The monoisotopic (exact) mass is 260 g/mol. The Kier molecular flexibility index (Phi) is 4.97. The highest BCUT2D eigenvalue weighted by Gasteiger charge is 2.28. The van der Waals surface area contributed by atoms with Gasteiger partial charge >= 0.3 is 0 Å². The van der Waals surface area contributed by atoms with Crippen LogP contribution >= 0.6 is 0 Å². The van der Waals surface area contributed by atoms with Crippen molar-refractivity contribution in [3.8, 4) is 0 Å². The fourth-order valence-electron chi connectivity index (χ4n) is 2.87. The van der Waals surface area contributed by atoms with Crippen LogP contribution in [-0.2, 0) is 11.2 Å². The molecule has 0 radical (unpaired) electrons. The Morgan fingerprint density at radius 3 is 2.89 bits per heavy atom. The van der Waals surface area contributed by atoms with Crippen molar-refractivity contribution in [3.63, 3.8) is 0 Å². The average Bonchev–Trinajstić information content (AvgIpc) is 2.46. The third kappa shape index (κ3) is 3.16. The molecule has 0 aliphatic carbocycles. The predicted molar refractivity (Wildman–Crippen MR) is 77.8 cm³/mol. The van der Waals surface area contributed by atoms with Gasteiger partial charge in [-0.2, -0.15) is 0 Å². The van der Waals surface area contributed by atoms with Gasteiger partial charge in [0, 0.05) is 19.5 Å². The molecule has 1 aromatic rings. The van der Waals surface area contributed by atoms with Gasteiger partial charge in [-0.05, 0) is 24.0 Å². The molecular formula is C16H24N2O. The third-order valence-corrected chi connectivity index (χ3v) is 3.95. The van der Waals surface area contributed by atoms with Crippen molar-refractivity contribution in [2.24, 2.45) is 5.73 Å². The summed E-state index contributed by atoms with van der Waals surface area (Å²) in [5.74, 6) is 0.262. The smallest absolute Gasteiger partial charge is 0.223 e. The molecule has 1 unspecified atom stereocenters. The standard InChI is InChI=1S/C16H24N2O/c1-2-3-4-9-16(19)18-11-10-13-7-5-6-8-14(13)15(18)12-17/h5-8,15H,2-4,9-12,17H2,1H3. The van der Waals surface area contributed by atoms with Crippen LogP contribution in [0.15, 0.2) is 24.3 Å². The molecule has 1 aliphatic rings. The number of rotatable bonds is 5. The first-order valence-corrected chi connectivity index (χ1v) is 7.35. The van der Waals surface area contributed by atoms with E-state index in [4.69, 9.17) is 5.73 Å². The number of amides is 1. The summed E-state index contributed by atoms with van der Waals surface area (Å²) in [7, 11) is 0. The molecule has 0 saturated heterocycles. The van der Waals surface area contributed by atoms with E-state index >= 15 is 0 Å². The predicted octanol–water partition coefficient (Wildman–Crippen LogP) is 2.65. The minimum Gasteiger partial charge on any atom is -0.334 e. The topological polar surface area (TPSA) is 46.3 Å². The quantitative estimate of drug-likeness (QED) is 0.827. The SMILES string of the molecule is CCCCCC(=O)N1CCc2ccccc2C1CN. The maximum atomic E-state index is 12.3. The number of carbonyl (C=O) groups is 1. The Morgan fingerprint density at radius 2 is 2.16 bits per heavy atom. The molecule has 0 saturated carbocycles. The zero-order valence-electron chi connectivity index (χ0n) is 11.8. The zero-order valence-corrected chi connectivity index (χ0v) is 11.8. The van der Waals surface area contributed by atoms with E-state index in [0.717, 1.165) is 32.2 Å². The van der Waals surface area contributed by atoms with Crippen LogP contribution in [0.4, 0.5) is 0 Å². The summed E-state index contributed by atoms with van der Waals surface area (Å²) < 4.78 is 0. The number of hydrogen-bond acceptors (Lipinski definition) is 2. The molecule has 1 atom stereocenters. The molecule has 3 heteroatoms. The summed E-state index contributed by atoms with van der Waals surface area (Å²) in [6.45, 7) is 3.48. The van der Waals surface area contributed by atoms with Crippen LogP contribution in [0, 0.1) is 0 Å². The van der Waals surface area contributed by atoms with E-state index in [1.54, 1.807) is 0 Å². The second-order valence-electron chi connectivity index (χ2n) is 5.24. The number of fused-ring (bicyclic) bond motifs is 1. The summed E-state index contributed by atoms with van der Waals surface area (Å²) >= 11 is 0. The minimum atomic E-state index is 0.0686. The maximum absolute atomic E-state index is 12.3. The summed E-state index contributed by atoms with van der Waals surface area (Å²) in [5, 5.41) is 0. The van der Waals surface area contributed by atoms with E-state index < -0.39 is 0 Å². The molecule has 1 amide bonds. The normalized spacial score (nSPS) is 18.2. The molecule has 19 heavy (non-hydrogen) atoms. The van der Waals surface area contributed by atoms with Crippen molar-refractivity contribution in [2.45, 2.75) is 45.1 Å². The fraction of sp³-hybridized carbons (Fsp3) is 0.562. The van der Waals surface area contributed by atoms with Gasteiger partial charge in [-0.1, -0.05) is 44.0 Å². The Balaban J connectivity index is 2.09. The van der Waals surface area contributed by atoms with E-state index in [0.29, 0.717) is 13.0 Å². The molecule has 1 heterocycles. The van der Waals surface area contributed by atoms with Crippen molar-refractivity contribution in [1.29, 1.82) is 0 Å². The van der Waals surface area contributed by atoms with Gasteiger partial charge in [0.1, 0.15) is 0 Å². The van der Waals surface area contributed by atoms with Crippen molar-refractivity contribution in [3.05, 3.63) is 35.4 Å². The molecule has 0 aromatic heterocycles. The van der Waals surface area contributed by atoms with Crippen LogP contribution in [0.5, 0.6) is 0 Å². The van der Waals surface area contributed by atoms with Gasteiger partial charge in [0.25, 0.3) is 0 Å². The van der Waals surface area contributed by atoms with Crippen LogP contribution in [0.3, 0.4) is 0 Å². The molecule has 0 bridgehead atoms. The second-order valence-corrected chi connectivity index (χ2v) is 5.24. The summed E-state index contributed by atoms with van der Waals surface area (Å²) in [5.41, 5.74) is 8.49. The van der Waals surface area contributed by atoms with Crippen molar-refractivity contribution >= 4 is 5.91 Å². The summed E-state index contributed by atoms with van der Waals surface area (Å²) in [6, 6.07) is 8.42. The summed E-state index contributed by atoms with van der Waals surface area (Å²) in [4.78, 5) is 14.3. The van der Waals surface area contributed by atoms with Crippen LogP contribution in [0.2, 0.25) is 0 Å². The van der Waals surface area contributed by atoms with Gasteiger partial charge in [-0.3, -0.25) is 4.79 Å². The van der Waals surface area contributed by atoms with Gasteiger partial charge in [0.15, 0.2) is 0 Å². The lowest BCUT2D eigenvalue weighted by atomic mass is 9.92. The largest absolute Gasteiger partial charge is 0.334 e. The van der Waals surface area contributed by atoms with Crippen molar-refractivity contribution in [1.82, 2.24) is 4.90 Å². The lowest BCUT2D eigenvalue weighted by molar-refractivity contribution is -0.134. The lowest BCUT2D eigenvalue weighted by Gasteiger charge is -2.37. The molecule has 104 valence electrons. The Morgan fingerprint density at radius 1 is 1.37 bits per heavy atom. The van der Waals surface area contributed by atoms with E-state index in [1.807, 2.05) is 11.0 Å². The second kappa shape index (κ2) is 6.71. The van der Waals surface area contributed by atoms with Crippen LogP contribution in [0.25, 0.3) is 0 Å². The first-order valence-electron chi connectivity index (χ1n) is 7.35. The molecule has 2 N–H and O–H groups in total. The first kappa shape index (κ1) is 14.1. The molecule has 1 aromatic carbocycles. The van der Waals surface area contributed by atoms with Gasteiger partial charge in [-0.15, -0.1) is 0 Å². The van der Waals surface area contributed by atoms with Gasteiger partial charge < -0.3 is 10.6 Å². The van der Waals surface area contributed by atoms with Gasteiger partial charge in [0.05, 0.1) is 6.04 Å². The lowest BCUT2D eigenvalue weighted by Crippen LogP contribution is -2.43. The van der Waals surface area contributed by atoms with Gasteiger partial charge in [-0.25, -0.2) is 0 Å². The number of benzene rings is 1. The highest BCUT2D eigenvalue weighted by Crippen LogP contribution is 2.29. The van der Waals surface area contributed by atoms with E-state index in [2.05, 4.69) is 25.1 Å². The number of carbonyl (C=O) groups excluding carboxylic acids is 1. The van der Waals surface area contributed by atoms with Crippen LogP contribution in [-0.4, -0.2) is 23.9 Å². The number of nitrogens with two attached hydrogens (primary N) is 1. The highest BCUT2D eigenvalue weighted by molar-refractivity contribution is 5.77. The number of hydrogen-bond donors (Lipinski definition) is 1. The van der Waals surface area contributed by atoms with E-state index in [-0.39, 0.29) is 11.9 Å². The average molecular weight is 260 g/mol. The number of nitrogens with zero attached hydrogens (tertiary/aromatic N) is 1. The Labute approximate surface area is 115 Å². The van der Waals surface area contributed by atoms with Crippen molar-refractivity contribution in [2.75, 3.05) is 13.1 Å². The number of unbranched alkanes of at least 4 members (excludes halogenated alkanes) is 2. The van der Waals surface area contributed by atoms with E-state index in [1.165, 1.54) is 11.1 Å². The Bertz CT molecular complexity index is 431. The minimum absolute atomic E-state index is 0.0686. The van der Waals surface area contributed by atoms with E-state index in [9.17, 15) is 4.79 Å². The van der Waals surface area contributed by atoms with Crippen LogP contribution in [0.1, 0.15) is 49.8 Å². The molecule has 3 nitrogen and oxygen atoms in total. The highest BCUT2D eigenvalue weighted by atomic mass is 16.2. The van der Waals surface area contributed by atoms with Crippen LogP contribution < -0.4 is 5.73 Å². The molecule has 2 rings (SSSR count). The van der Waals surface area contributed by atoms with Crippen molar-refractivity contribution < 1.29 is 4.79 Å². The molecule has 1 aliphatic heterocycles.